The van der Waals surface area contributed by atoms with E-state index >= 15 is 0 Å². The fourth-order valence-electron chi connectivity index (χ4n) is 1.75. The molecule has 1 N–H and O–H groups in total. The van der Waals surface area contributed by atoms with Gasteiger partial charge in [-0.1, -0.05) is 6.92 Å². The summed E-state index contributed by atoms with van der Waals surface area (Å²) < 4.78 is 5.38. The minimum Gasteiger partial charge on any atom is -0.394 e. The molecule has 1 atom stereocenters. The molecule has 0 spiro atoms. The number of nitrogens with zero attached hydrogens (tertiary/aromatic N) is 3. The number of anilines is 1. The molecule has 2 rings (SSSR count). The number of ether oxygens (including phenoxy) is 1. The number of hydrogen-bond donors (Lipinski definition) is 1. The van der Waals surface area contributed by atoms with Crippen molar-refractivity contribution in [1.82, 2.24) is 10.2 Å². The molecule has 1 aromatic rings. The fourth-order valence-corrected chi connectivity index (χ4v) is 1.75. The molecule has 1 saturated heterocycles. The molecule has 16 heavy (non-hydrogen) atoms. The number of hydrogen-bond acceptors (Lipinski definition) is 5. The molecule has 0 amide bonds. The topological polar surface area (TPSA) is 58.5 Å². The van der Waals surface area contributed by atoms with Crippen LogP contribution in [0.1, 0.15) is 12.6 Å². The molecule has 1 fully saturated rings. The third-order valence-electron chi connectivity index (χ3n) is 2.73. The van der Waals surface area contributed by atoms with Crippen LogP contribution in [0.2, 0.25) is 0 Å². The molecule has 5 heteroatoms. The van der Waals surface area contributed by atoms with Crippen LogP contribution in [0.5, 0.6) is 0 Å². The molecular formula is C11H17N3O2. The van der Waals surface area contributed by atoms with Gasteiger partial charge in [-0.05, 0) is 18.6 Å². The van der Waals surface area contributed by atoms with Crippen molar-refractivity contribution in [2.75, 3.05) is 31.2 Å². The van der Waals surface area contributed by atoms with Crippen LogP contribution in [0.25, 0.3) is 0 Å². The van der Waals surface area contributed by atoms with Gasteiger partial charge in [0, 0.05) is 13.1 Å². The van der Waals surface area contributed by atoms with Gasteiger partial charge in [-0.3, -0.25) is 0 Å². The minimum atomic E-state index is -0.110. The van der Waals surface area contributed by atoms with Crippen LogP contribution in [0.15, 0.2) is 12.1 Å². The molecule has 1 aliphatic rings. The van der Waals surface area contributed by atoms with E-state index in [9.17, 15) is 0 Å². The van der Waals surface area contributed by atoms with E-state index in [4.69, 9.17) is 9.84 Å². The number of aliphatic hydroxyl groups excluding tert-OH is 1. The first-order valence-corrected chi connectivity index (χ1v) is 5.63. The smallest absolute Gasteiger partial charge is 0.151 e. The summed E-state index contributed by atoms with van der Waals surface area (Å²) in [4.78, 5) is 2.09. The maximum absolute atomic E-state index is 9.05. The number of aliphatic hydroxyl groups is 1. The average molecular weight is 223 g/mol. The van der Waals surface area contributed by atoms with Crippen LogP contribution in [-0.2, 0) is 11.2 Å². The Labute approximate surface area is 95.1 Å². The van der Waals surface area contributed by atoms with Crippen molar-refractivity contribution in [2.45, 2.75) is 19.4 Å². The highest BCUT2D eigenvalue weighted by Gasteiger charge is 2.20. The van der Waals surface area contributed by atoms with Crippen LogP contribution in [0, 0.1) is 0 Å². The SMILES string of the molecule is CCc1ccc(N2CCOC(CO)C2)nn1. The van der Waals surface area contributed by atoms with Gasteiger partial charge in [-0.15, -0.1) is 5.10 Å². The maximum atomic E-state index is 9.05. The van der Waals surface area contributed by atoms with Crippen LogP contribution < -0.4 is 4.90 Å². The Bertz CT molecular complexity index is 329. The highest BCUT2D eigenvalue weighted by Crippen LogP contribution is 2.14. The van der Waals surface area contributed by atoms with E-state index in [1.807, 2.05) is 12.1 Å². The Hall–Kier alpha value is -1.20. The van der Waals surface area contributed by atoms with Crippen molar-refractivity contribution < 1.29 is 9.84 Å². The van der Waals surface area contributed by atoms with E-state index in [0.717, 1.165) is 24.5 Å². The molecule has 0 aromatic carbocycles. The molecule has 0 bridgehead atoms. The molecule has 0 saturated carbocycles. The number of rotatable bonds is 3. The number of aromatic nitrogens is 2. The Morgan fingerprint density at radius 3 is 3.00 bits per heavy atom. The molecule has 1 aromatic heterocycles. The summed E-state index contributed by atoms with van der Waals surface area (Å²) in [6, 6.07) is 3.97. The summed E-state index contributed by atoms with van der Waals surface area (Å²) in [5.41, 5.74) is 0.996. The minimum absolute atomic E-state index is 0.0526. The summed E-state index contributed by atoms with van der Waals surface area (Å²) in [7, 11) is 0. The van der Waals surface area contributed by atoms with Crippen molar-refractivity contribution in [1.29, 1.82) is 0 Å². The van der Waals surface area contributed by atoms with Gasteiger partial charge in [-0.2, -0.15) is 5.10 Å². The zero-order valence-electron chi connectivity index (χ0n) is 9.46. The molecule has 0 aliphatic carbocycles. The molecule has 0 radical (unpaired) electrons. The lowest BCUT2D eigenvalue weighted by molar-refractivity contribution is 0.00332. The van der Waals surface area contributed by atoms with Gasteiger partial charge in [0.15, 0.2) is 5.82 Å². The summed E-state index contributed by atoms with van der Waals surface area (Å²) in [5, 5.41) is 17.4. The van der Waals surface area contributed by atoms with Crippen molar-refractivity contribution in [3.63, 3.8) is 0 Å². The van der Waals surface area contributed by atoms with Gasteiger partial charge in [0.2, 0.25) is 0 Å². The third-order valence-corrected chi connectivity index (χ3v) is 2.73. The Morgan fingerprint density at radius 1 is 1.50 bits per heavy atom. The Kier molecular flexibility index (Phi) is 3.69. The lowest BCUT2D eigenvalue weighted by Gasteiger charge is -2.32. The van der Waals surface area contributed by atoms with Crippen LogP contribution in [-0.4, -0.2) is 47.7 Å². The van der Waals surface area contributed by atoms with E-state index in [2.05, 4.69) is 22.0 Å². The molecular weight excluding hydrogens is 206 g/mol. The lowest BCUT2D eigenvalue weighted by Crippen LogP contribution is -2.44. The van der Waals surface area contributed by atoms with E-state index in [-0.39, 0.29) is 12.7 Å². The normalized spacial score (nSPS) is 21.1. The average Bonchev–Trinajstić information content (AvgIpc) is 2.39. The Balaban J connectivity index is 2.05. The molecule has 1 aliphatic heterocycles. The van der Waals surface area contributed by atoms with E-state index < -0.39 is 0 Å². The highest BCUT2D eigenvalue weighted by atomic mass is 16.5. The van der Waals surface area contributed by atoms with Crippen molar-refractivity contribution in [3.05, 3.63) is 17.8 Å². The molecule has 2 heterocycles. The first kappa shape index (κ1) is 11.3. The van der Waals surface area contributed by atoms with Crippen molar-refractivity contribution >= 4 is 5.82 Å². The van der Waals surface area contributed by atoms with Crippen LogP contribution in [0.3, 0.4) is 0 Å². The van der Waals surface area contributed by atoms with E-state index in [1.165, 1.54) is 0 Å². The first-order valence-electron chi connectivity index (χ1n) is 5.63. The second-order valence-corrected chi connectivity index (χ2v) is 3.86. The third kappa shape index (κ3) is 2.48. The second-order valence-electron chi connectivity index (χ2n) is 3.86. The summed E-state index contributed by atoms with van der Waals surface area (Å²) >= 11 is 0. The summed E-state index contributed by atoms with van der Waals surface area (Å²) in [6.45, 7) is 4.22. The van der Waals surface area contributed by atoms with Gasteiger partial charge in [0.1, 0.15) is 0 Å². The fraction of sp³-hybridized carbons (Fsp3) is 0.636. The van der Waals surface area contributed by atoms with Gasteiger partial charge in [0.25, 0.3) is 0 Å². The zero-order valence-corrected chi connectivity index (χ0v) is 9.46. The second kappa shape index (κ2) is 5.23. The Morgan fingerprint density at radius 2 is 2.38 bits per heavy atom. The maximum Gasteiger partial charge on any atom is 0.151 e. The van der Waals surface area contributed by atoms with E-state index in [0.29, 0.717) is 13.2 Å². The standard InChI is InChI=1S/C11H17N3O2/c1-2-9-3-4-11(13-12-9)14-5-6-16-10(7-14)8-15/h3-4,10,15H,2,5-8H2,1H3. The van der Waals surface area contributed by atoms with Crippen LogP contribution in [0.4, 0.5) is 5.82 Å². The van der Waals surface area contributed by atoms with Gasteiger partial charge in [0.05, 0.1) is 25.0 Å². The molecule has 1 unspecified atom stereocenters. The van der Waals surface area contributed by atoms with Crippen molar-refractivity contribution in [3.8, 4) is 0 Å². The zero-order chi connectivity index (χ0) is 11.4. The lowest BCUT2D eigenvalue weighted by atomic mass is 10.2. The van der Waals surface area contributed by atoms with Gasteiger partial charge in [-0.25, -0.2) is 0 Å². The van der Waals surface area contributed by atoms with E-state index in [1.54, 1.807) is 0 Å². The molecule has 88 valence electrons. The highest BCUT2D eigenvalue weighted by molar-refractivity contribution is 5.37. The molecule has 5 nitrogen and oxygen atoms in total. The number of aryl methyl sites for hydroxylation is 1. The predicted molar refractivity (Wildman–Crippen MR) is 60.4 cm³/mol. The summed E-state index contributed by atoms with van der Waals surface area (Å²) in [6.07, 6.45) is 0.789. The quantitative estimate of drug-likeness (QED) is 0.795. The van der Waals surface area contributed by atoms with Crippen LogP contribution >= 0.6 is 0 Å². The largest absolute Gasteiger partial charge is 0.394 e. The monoisotopic (exact) mass is 223 g/mol. The van der Waals surface area contributed by atoms with Crippen molar-refractivity contribution in [2.24, 2.45) is 0 Å². The first-order chi connectivity index (χ1) is 7.83. The van der Waals surface area contributed by atoms with Gasteiger partial charge >= 0.3 is 0 Å². The van der Waals surface area contributed by atoms with Gasteiger partial charge < -0.3 is 14.7 Å². The number of morpholine rings is 1. The summed E-state index contributed by atoms with van der Waals surface area (Å²) in [5.74, 6) is 0.860. The predicted octanol–water partition coefficient (Wildman–Crippen LogP) is 0.236.